The molecule has 0 spiro atoms. The molecule has 1 aromatic rings. The Morgan fingerprint density at radius 3 is 3.33 bits per heavy atom. The summed E-state index contributed by atoms with van der Waals surface area (Å²) in [5, 5.41) is 6.93. The lowest BCUT2D eigenvalue weighted by Gasteiger charge is -2.22. The van der Waals surface area contributed by atoms with Crippen molar-refractivity contribution < 1.29 is 0 Å². The first-order chi connectivity index (χ1) is 7.45. The van der Waals surface area contributed by atoms with Gasteiger partial charge in [0.05, 0.1) is 5.51 Å². The maximum absolute atomic E-state index is 4.06. The topological polar surface area (TPSA) is 37.0 Å². The molecular weight excluding hydrogens is 206 g/mol. The van der Waals surface area contributed by atoms with Crippen LogP contribution in [0, 0.1) is 5.92 Å². The average Bonchev–Trinajstić information content (AvgIpc) is 2.79. The minimum absolute atomic E-state index is 0.882. The van der Waals surface area contributed by atoms with Crippen molar-refractivity contribution in [3.05, 3.63) is 16.6 Å². The predicted octanol–water partition coefficient (Wildman–Crippen LogP) is 1.62. The molecule has 0 bridgehead atoms. The Bertz CT molecular complexity index is 255. The minimum Gasteiger partial charge on any atom is -0.316 e. The van der Waals surface area contributed by atoms with Gasteiger partial charge in [0.2, 0.25) is 0 Å². The van der Waals surface area contributed by atoms with E-state index in [0.717, 1.165) is 19.0 Å². The molecule has 2 N–H and O–H groups in total. The zero-order chi connectivity index (χ0) is 10.3. The molecule has 84 valence electrons. The molecule has 4 heteroatoms. The average molecular weight is 225 g/mol. The predicted molar refractivity (Wildman–Crippen MR) is 64.0 cm³/mol. The number of rotatable bonds is 5. The molecule has 1 saturated heterocycles. The second-order valence-electron chi connectivity index (χ2n) is 4.15. The molecule has 0 aliphatic carbocycles. The van der Waals surface area contributed by atoms with Crippen molar-refractivity contribution in [2.75, 3.05) is 19.6 Å². The molecule has 1 aliphatic heterocycles. The van der Waals surface area contributed by atoms with Crippen molar-refractivity contribution in [2.24, 2.45) is 5.92 Å². The summed E-state index contributed by atoms with van der Waals surface area (Å²) in [6.45, 7) is 4.53. The lowest BCUT2D eigenvalue weighted by molar-refractivity contribution is 0.352. The molecule has 0 saturated carbocycles. The van der Waals surface area contributed by atoms with Crippen LogP contribution in [0.5, 0.6) is 0 Å². The van der Waals surface area contributed by atoms with Crippen molar-refractivity contribution in [3.63, 3.8) is 0 Å². The van der Waals surface area contributed by atoms with E-state index in [0.29, 0.717) is 0 Å². The minimum atomic E-state index is 0.882. The standard InChI is InChI=1S/C11H19N3S/c1-2-10(6-12-4-1)3-5-13-7-11-8-14-9-15-11/h8-10,12-13H,1-7H2. The van der Waals surface area contributed by atoms with Gasteiger partial charge in [0.1, 0.15) is 0 Å². The van der Waals surface area contributed by atoms with E-state index in [4.69, 9.17) is 0 Å². The van der Waals surface area contributed by atoms with Crippen LogP contribution < -0.4 is 10.6 Å². The molecule has 2 rings (SSSR count). The van der Waals surface area contributed by atoms with Gasteiger partial charge in [-0.2, -0.15) is 0 Å². The van der Waals surface area contributed by atoms with Gasteiger partial charge >= 0.3 is 0 Å². The monoisotopic (exact) mass is 225 g/mol. The Balaban J connectivity index is 1.54. The Hall–Kier alpha value is -0.450. The summed E-state index contributed by atoms with van der Waals surface area (Å²) in [5.41, 5.74) is 1.89. The molecule has 1 fully saturated rings. The fourth-order valence-electron chi connectivity index (χ4n) is 2.02. The summed E-state index contributed by atoms with van der Waals surface area (Å²) in [6, 6.07) is 0. The van der Waals surface area contributed by atoms with Gasteiger partial charge in [0.25, 0.3) is 0 Å². The van der Waals surface area contributed by atoms with Gasteiger partial charge < -0.3 is 10.6 Å². The molecule has 15 heavy (non-hydrogen) atoms. The van der Waals surface area contributed by atoms with Crippen LogP contribution in [0.25, 0.3) is 0 Å². The van der Waals surface area contributed by atoms with E-state index in [1.807, 2.05) is 11.7 Å². The third-order valence-electron chi connectivity index (χ3n) is 2.91. The lowest BCUT2D eigenvalue weighted by Crippen LogP contribution is -2.31. The molecule has 1 aliphatic rings. The van der Waals surface area contributed by atoms with Gasteiger partial charge in [0.15, 0.2) is 0 Å². The van der Waals surface area contributed by atoms with Crippen molar-refractivity contribution in [3.8, 4) is 0 Å². The molecule has 0 aromatic carbocycles. The molecule has 1 atom stereocenters. The van der Waals surface area contributed by atoms with Gasteiger partial charge in [-0.05, 0) is 44.8 Å². The van der Waals surface area contributed by atoms with Crippen molar-refractivity contribution in [2.45, 2.75) is 25.8 Å². The van der Waals surface area contributed by atoms with Crippen LogP contribution in [0.4, 0.5) is 0 Å². The lowest BCUT2D eigenvalue weighted by atomic mass is 9.96. The molecule has 3 nitrogen and oxygen atoms in total. The van der Waals surface area contributed by atoms with Crippen molar-refractivity contribution in [1.29, 1.82) is 0 Å². The highest BCUT2D eigenvalue weighted by Crippen LogP contribution is 2.13. The highest BCUT2D eigenvalue weighted by Gasteiger charge is 2.11. The first-order valence-electron chi connectivity index (χ1n) is 5.74. The van der Waals surface area contributed by atoms with Gasteiger partial charge in [-0.15, -0.1) is 11.3 Å². The molecule has 2 heterocycles. The maximum Gasteiger partial charge on any atom is 0.0794 e. The fraction of sp³-hybridized carbons (Fsp3) is 0.727. The zero-order valence-corrected chi connectivity index (χ0v) is 9.85. The summed E-state index contributed by atoms with van der Waals surface area (Å²) >= 11 is 1.72. The van der Waals surface area contributed by atoms with E-state index in [1.54, 1.807) is 11.3 Å². The van der Waals surface area contributed by atoms with Crippen LogP contribution >= 0.6 is 11.3 Å². The molecule has 0 radical (unpaired) electrons. The van der Waals surface area contributed by atoms with E-state index in [1.165, 1.54) is 37.2 Å². The smallest absolute Gasteiger partial charge is 0.0794 e. The molecule has 1 aromatic heterocycles. The highest BCUT2D eigenvalue weighted by molar-refractivity contribution is 7.09. The normalized spacial score (nSPS) is 21.7. The van der Waals surface area contributed by atoms with Crippen LogP contribution in [0.15, 0.2) is 11.7 Å². The molecule has 1 unspecified atom stereocenters. The Labute approximate surface area is 95.3 Å². The second-order valence-corrected chi connectivity index (χ2v) is 5.12. The zero-order valence-electron chi connectivity index (χ0n) is 9.04. The van der Waals surface area contributed by atoms with Gasteiger partial charge in [0, 0.05) is 17.6 Å². The first-order valence-corrected chi connectivity index (χ1v) is 6.62. The fourth-order valence-corrected chi connectivity index (χ4v) is 2.58. The summed E-state index contributed by atoms with van der Waals surface area (Å²) in [6.07, 6.45) is 5.99. The van der Waals surface area contributed by atoms with Crippen LogP contribution in [0.3, 0.4) is 0 Å². The van der Waals surface area contributed by atoms with Crippen LogP contribution in [0.1, 0.15) is 24.1 Å². The maximum atomic E-state index is 4.06. The number of hydrogen-bond donors (Lipinski definition) is 2. The highest BCUT2D eigenvalue weighted by atomic mass is 32.1. The SMILES string of the molecule is c1ncc(CNCCC2CCCNC2)s1. The van der Waals surface area contributed by atoms with Crippen molar-refractivity contribution >= 4 is 11.3 Å². The first kappa shape index (κ1) is 11.0. The Morgan fingerprint density at radius 1 is 1.60 bits per heavy atom. The van der Waals surface area contributed by atoms with Gasteiger partial charge in [-0.1, -0.05) is 0 Å². The quantitative estimate of drug-likeness (QED) is 0.748. The van der Waals surface area contributed by atoms with Crippen LogP contribution in [-0.4, -0.2) is 24.6 Å². The largest absolute Gasteiger partial charge is 0.316 e. The summed E-state index contributed by atoms with van der Waals surface area (Å²) in [4.78, 5) is 5.39. The van der Waals surface area contributed by atoms with E-state index in [2.05, 4.69) is 15.6 Å². The summed E-state index contributed by atoms with van der Waals surface area (Å²) in [7, 11) is 0. The Morgan fingerprint density at radius 2 is 2.60 bits per heavy atom. The van der Waals surface area contributed by atoms with Crippen LogP contribution in [0.2, 0.25) is 0 Å². The Kier molecular flexibility index (Phi) is 4.57. The number of hydrogen-bond acceptors (Lipinski definition) is 4. The second kappa shape index (κ2) is 6.20. The molecular formula is C11H19N3S. The summed E-state index contributed by atoms with van der Waals surface area (Å²) in [5.74, 6) is 0.882. The van der Waals surface area contributed by atoms with E-state index in [9.17, 15) is 0 Å². The van der Waals surface area contributed by atoms with Gasteiger partial charge in [-0.3, -0.25) is 4.98 Å². The van der Waals surface area contributed by atoms with E-state index in [-0.39, 0.29) is 0 Å². The third kappa shape index (κ3) is 3.89. The van der Waals surface area contributed by atoms with Crippen molar-refractivity contribution in [1.82, 2.24) is 15.6 Å². The van der Waals surface area contributed by atoms with Crippen LogP contribution in [-0.2, 0) is 6.54 Å². The number of piperidine rings is 1. The van der Waals surface area contributed by atoms with Gasteiger partial charge in [-0.25, -0.2) is 0 Å². The number of thiazole rings is 1. The number of nitrogens with one attached hydrogen (secondary N) is 2. The van der Waals surface area contributed by atoms with E-state index < -0.39 is 0 Å². The third-order valence-corrected chi connectivity index (χ3v) is 3.69. The molecule has 0 amide bonds. The summed E-state index contributed by atoms with van der Waals surface area (Å²) < 4.78 is 0. The van der Waals surface area contributed by atoms with E-state index >= 15 is 0 Å². The number of nitrogens with zero attached hydrogens (tertiary/aromatic N) is 1. The number of aromatic nitrogens is 1.